The van der Waals surface area contributed by atoms with Crippen LogP contribution in [0.2, 0.25) is 0 Å². The number of likely N-dealkylation sites (tertiary alicyclic amines) is 1. The van der Waals surface area contributed by atoms with Crippen molar-refractivity contribution in [1.29, 1.82) is 0 Å². The lowest BCUT2D eigenvalue weighted by Crippen LogP contribution is -2.49. The molecule has 3 heteroatoms. The molecule has 1 fully saturated rings. The van der Waals surface area contributed by atoms with Crippen molar-refractivity contribution in [1.82, 2.24) is 4.90 Å². The second-order valence-electron chi connectivity index (χ2n) is 2.88. The number of piperidine rings is 1. The fourth-order valence-electron chi connectivity index (χ4n) is 1.15. The molecule has 1 N–H and O–H groups in total. The molecule has 0 aromatic carbocycles. The maximum Gasteiger partial charge on any atom is 0.164 e. The van der Waals surface area contributed by atoms with E-state index in [2.05, 4.69) is 0 Å². The highest BCUT2D eigenvalue weighted by atomic mass is 16.3. The van der Waals surface area contributed by atoms with Crippen LogP contribution in [0.5, 0.6) is 0 Å². The van der Waals surface area contributed by atoms with Gasteiger partial charge >= 0.3 is 0 Å². The fourth-order valence-corrected chi connectivity index (χ4v) is 1.15. The van der Waals surface area contributed by atoms with Crippen LogP contribution in [0.25, 0.3) is 0 Å². The van der Waals surface area contributed by atoms with E-state index in [0.717, 1.165) is 6.54 Å². The van der Waals surface area contributed by atoms with Gasteiger partial charge in [0.05, 0.1) is 0 Å². The summed E-state index contributed by atoms with van der Waals surface area (Å²) in [5.74, 6) is -0.0226. The SMILES string of the molecule is C[C@@H]1[C@H](O)C(=O)CCN1C. The Bertz CT molecular complexity index is 147. The van der Waals surface area contributed by atoms with Crippen LogP contribution in [0.4, 0.5) is 0 Å². The molecule has 3 nitrogen and oxygen atoms in total. The van der Waals surface area contributed by atoms with Gasteiger partial charge in [0, 0.05) is 19.0 Å². The van der Waals surface area contributed by atoms with Crippen LogP contribution in [0.15, 0.2) is 0 Å². The summed E-state index contributed by atoms with van der Waals surface area (Å²) in [6.07, 6.45) is -0.277. The lowest BCUT2D eigenvalue weighted by Gasteiger charge is -2.32. The van der Waals surface area contributed by atoms with Gasteiger partial charge in [0.1, 0.15) is 6.10 Å². The summed E-state index contributed by atoms with van der Waals surface area (Å²) in [6, 6.07) is -0.0127. The molecule has 0 bridgehead atoms. The number of aliphatic hydroxyl groups is 1. The summed E-state index contributed by atoms with van der Waals surface area (Å²) < 4.78 is 0. The third kappa shape index (κ3) is 1.20. The monoisotopic (exact) mass is 143 g/mol. The van der Waals surface area contributed by atoms with Crippen molar-refractivity contribution in [3.63, 3.8) is 0 Å². The highest BCUT2D eigenvalue weighted by molar-refractivity contribution is 5.84. The quantitative estimate of drug-likeness (QED) is 0.503. The van der Waals surface area contributed by atoms with E-state index in [9.17, 15) is 9.90 Å². The molecule has 1 aliphatic rings. The standard InChI is InChI=1S/C7H13NO2/c1-5-7(10)6(9)3-4-8(5)2/h5,7,10H,3-4H2,1-2H3/t5-,7+/m1/s1. The molecule has 0 amide bonds. The molecule has 1 rings (SSSR count). The molecule has 2 atom stereocenters. The van der Waals surface area contributed by atoms with Crippen LogP contribution in [-0.4, -0.2) is 41.5 Å². The van der Waals surface area contributed by atoms with Crippen LogP contribution in [-0.2, 0) is 4.79 Å². The average molecular weight is 143 g/mol. The molecule has 0 saturated carbocycles. The Hall–Kier alpha value is -0.410. The van der Waals surface area contributed by atoms with Crippen molar-refractivity contribution in [3.05, 3.63) is 0 Å². The van der Waals surface area contributed by atoms with Gasteiger partial charge in [0.2, 0.25) is 0 Å². The number of aliphatic hydroxyl groups excluding tert-OH is 1. The third-order valence-electron chi connectivity index (χ3n) is 2.19. The van der Waals surface area contributed by atoms with Crippen molar-refractivity contribution >= 4 is 5.78 Å². The second-order valence-corrected chi connectivity index (χ2v) is 2.88. The van der Waals surface area contributed by atoms with Gasteiger partial charge in [-0.3, -0.25) is 4.79 Å². The number of carbonyl (C=O) groups is 1. The number of rotatable bonds is 0. The topological polar surface area (TPSA) is 40.5 Å². The Labute approximate surface area is 60.6 Å². The molecule has 0 spiro atoms. The van der Waals surface area contributed by atoms with E-state index in [1.807, 2.05) is 18.9 Å². The summed E-state index contributed by atoms with van der Waals surface area (Å²) in [5.41, 5.74) is 0. The Kier molecular flexibility index (Phi) is 2.06. The first-order valence-corrected chi connectivity index (χ1v) is 3.54. The Morgan fingerprint density at radius 3 is 2.80 bits per heavy atom. The predicted octanol–water partition coefficient (Wildman–Crippen LogP) is -0.360. The highest BCUT2D eigenvalue weighted by Gasteiger charge is 2.29. The van der Waals surface area contributed by atoms with Gasteiger partial charge in [-0.1, -0.05) is 0 Å². The zero-order valence-electron chi connectivity index (χ0n) is 6.37. The summed E-state index contributed by atoms with van der Waals surface area (Å²) in [7, 11) is 1.92. The minimum absolute atomic E-state index is 0.0127. The summed E-state index contributed by atoms with van der Waals surface area (Å²) in [6.45, 7) is 2.64. The molecule has 1 saturated heterocycles. The van der Waals surface area contributed by atoms with E-state index in [1.165, 1.54) is 0 Å². The van der Waals surface area contributed by atoms with E-state index in [0.29, 0.717) is 6.42 Å². The van der Waals surface area contributed by atoms with E-state index in [-0.39, 0.29) is 11.8 Å². The maximum absolute atomic E-state index is 10.9. The lowest BCUT2D eigenvalue weighted by molar-refractivity contribution is -0.134. The first-order valence-electron chi connectivity index (χ1n) is 3.54. The van der Waals surface area contributed by atoms with Crippen molar-refractivity contribution in [2.24, 2.45) is 0 Å². The smallest absolute Gasteiger partial charge is 0.164 e. The van der Waals surface area contributed by atoms with Crippen molar-refractivity contribution < 1.29 is 9.90 Å². The largest absolute Gasteiger partial charge is 0.384 e. The van der Waals surface area contributed by atoms with Crippen LogP contribution >= 0.6 is 0 Å². The number of likely N-dealkylation sites (N-methyl/N-ethyl adjacent to an activating group) is 1. The predicted molar refractivity (Wildman–Crippen MR) is 37.7 cm³/mol. The van der Waals surface area contributed by atoms with Crippen LogP contribution in [0.1, 0.15) is 13.3 Å². The van der Waals surface area contributed by atoms with E-state index >= 15 is 0 Å². The van der Waals surface area contributed by atoms with Crippen molar-refractivity contribution in [2.75, 3.05) is 13.6 Å². The molecule has 0 aromatic heterocycles. The number of hydrogen-bond acceptors (Lipinski definition) is 3. The van der Waals surface area contributed by atoms with Crippen LogP contribution in [0, 0.1) is 0 Å². The normalized spacial score (nSPS) is 36.5. The minimum Gasteiger partial charge on any atom is -0.384 e. The summed E-state index contributed by atoms with van der Waals surface area (Å²) in [5, 5.41) is 9.23. The molecule has 58 valence electrons. The highest BCUT2D eigenvalue weighted by Crippen LogP contribution is 2.11. The van der Waals surface area contributed by atoms with Gasteiger partial charge in [-0.15, -0.1) is 0 Å². The molecular formula is C7H13NO2. The molecule has 1 aliphatic heterocycles. The first-order chi connectivity index (χ1) is 4.63. The third-order valence-corrected chi connectivity index (χ3v) is 2.19. The Morgan fingerprint density at radius 1 is 1.70 bits per heavy atom. The van der Waals surface area contributed by atoms with E-state index < -0.39 is 6.10 Å². The number of nitrogens with zero attached hydrogens (tertiary/aromatic N) is 1. The average Bonchev–Trinajstić information content (AvgIpc) is 1.93. The molecule has 0 radical (unpaired) electrons. The number of ketones is 1. The zero-order chi connectivity index (χ0) is 7.72. The zero-order valence-corrected chi connectivity index (χ0v) is 6.37. The Morgan fingerprint density at radius 2 is 2.30 bits per heavy atom. The second kappa shape index (κ2) is 2.68. The van der Waals surface area contributed by atoms with Gasteiger partial charge < -0.3 is 10.0 Å². The van der Waals surface area contributed by atoms with Crippen LogP contribution in [0.3, 0.4) is 0 Å². The summed E-state index contributed by atoms with van der Waals surface area (Å²) in [4.78, 5) is 12.9. The van der Waals surface area contributed by atoms with Gasteiger partial charge in [-0.05, 0) is 14.0 Å². The van der Waals surface area contributed by atoms with Gasteiger partial charge in [0.15, 0.2) is 5.78 Å². The first kappa shape index (κ1) is 7.69. The molecule has 0 aliphatic carbocycles. The fraction of sp³-hybridized carbons (Fsp3) is 0.857. The lowest BCUT2D eigenvalue weighted by atomic mass is 10.00. The molecule has 1 heterocycles. The molecular weight excluding hydrogens is 130 g/mol. The number of Topliss-reactive ketones (excluding diaryl/α,β-unsaturated/α-hetero) is 1. The molecule has 0 aromatic rings. The summed E-state index contributed by atoms with van der Waals surface area (Å²) >= 11 is 0. The Balaban J connectivity index is 2.60. The van der Waals surface area contributed by atoms with Gasteiger partial charge in [0.25, 0.3) is 0 Å². The van der Waals surface area contributed by atoms with Crippen LogP contribution < -0.4 is 0 Å². The van der Waals surface area contributed by atoms with E-state index in [1.54, 1.807) is 0 Å². The number of carbonyl (C=O) groups excluding carboxylic acids is 1. The van der Waals surface area contributed by atoms with Gasteiger partial charge in [-0.2, -0.15) is 0 Å². The maximum atomic E-state index is 10.9. The van der Waals surface area contributed by atoms with Crippen molar-refractivity contribution in [2.45, 2.75) is 25.5 Å². The minimum atomic E-state index is -0.765. The molecule has 10 heavy (non-hydrogen) atoms. The molecule has 0 unspecified atom stereocenters. The van der Waals surface area contributed by atoms with E-state index in [4.69, 9.17) is 0 Å². The number of hydrogen-bond donors (Lipinski definition) is 1. The van der Waals surface area contributed by atoms with Crippen molar-refractivity contribution in [3.8, 4) is 0 Å². The van der Waals surface area contributed by atoms with Gasteiger partial charge in [-0.25, -0.2) is 0 Å².